The van der Waals surface area contributed by atoms with Crippen LogP contribution in [0.4, 0.5) is 0 Å². The molecule has 3 aromatic rings. The molecule has 0 N–H and O–H groups in total. The molecule has 0 aliphatic carbocycles. The molecule has 0 radical (unpaired) electrons. The standard InChI is InChI=1S/C23H25N3O/c1-5-8-16(2)19(11-12-27)15-20-13-18(4)23(14-17(20)3)26-22-10-7-6-9-21(22)24-25-26/h6-7,9-14H,2,5,8,15H2,1,3-4H3/b19-11+. The maximum atomic E-state index is 11.1. The number of nitrogens with zero attached hydrogens (tertiary/aromatic N) is 3. The van der Waals surface area contributed by atoms with Crippen LogP contribution in [0.15, 0.2) is 60.2 Å². The van der Waals surface area contributed by atoms with E-state index in [1.165, 1.54) is 5.56 Å². The smallest absolute Gasteiger partial charge is 0.143 e. The molecular formula is C23H25N3O. The molecule has 2 aromatic carbocycles. The fraction of sp³-hybridized carbons (Fsp3) is 0.261. The van der Waals surface area contributed by atoms with E-state index in [1.54, 1.807) is 6.08 Å². The van der Waals surface area contributed by atoms with E-state index in [9.17, 15) is 4.79 Å². The van der Waals surface area contributed by atoms with E-state index in [-0.39, 0.29) is 0 Å². The van der Waals surface area contributed by atoms with Crippen LogP contribution in [-0.2, 0) is 11.2 Å². The lowest BCUT2D eigenvalue weighted by Crippen LogP contribution is -2.04. The van der Waals surface area contributed by atoms with Gasteiger partial charge in [-0.1, -0.05) is 48.9 Å². The van der Waals surface area contributed by atoms with E-state index in [0.717, 1.165) is 58.1 Å². The molecule has 0 aliphatic heterocycles. The molecule has 0 spiro atoms. The van der Waals surface area contributed by atoms with Crippen molar-refractivity contribution in [1.82, 2.24) is 15.0 Å². The highest BCUT2D eigenvalue weighted by atomic mass is 16.1. The third kappa shape index (κ3) is 3.90. The van der Waals surface area contributed by atoms with Crippen LogP contribution >= 0.6 is 0 Å². The topological polar surface area (TPSA) is 47.8 Å². The molecule has 1 heterocycles. The SMILES string of the molecule is C=C(CCC)/C(=C/C=O)Cc1cc(C)c(-n2nnc3ccccc32)cc1C. The van der Waals surface area contributed by atoms with Gasteiger partial charge in [-0.05, 0) is 73.2 Å². The molecule has 27 heavy (non-hydrogen) atoms. The van der Waals surface area contributed by atoms with Crippen molar-refractivity contribution in [2.45, 2.75) is 40.0 Å². The Morgan fingerprint density at radius 1 is 1.19 bits per heavy atom. The highest BCUT2D eigenvalue weighted by molar-refractivity contribution is 5.76. The van der Waals surface area contributed by atoms with Crippen molar-refractivity contribution in [3.63, 3.8) is 0 Å². The van der Waals surface area contributed by atoms with Crippen molar-refractivity contribution in [1.29, 1.82) is 0 Å². The Morgan fingerprint density at radius 3 is 2.70 bits per heavy atom. The summed E-state index contributed by atoms with van der Waals surface area (Å²) in [4.78, 5) is 11.1. The van der Waals surface area contributed by atoms with Gasteiger partial charge in [0.15, 0.2) is 0 Å². The Kier molecular flexibility index (Phi) is 5.65. The normalized spacial score (nSPS) is 11.7. The molecule has 4 nitrogen and oxygen atoms in total. The van der Waals surface area contributed by atoms with Crippen LogP contribution < -0.4 is 0 Å². The van der Waals surface area contributed by atoms with E-state index in [1.807, 2.05) is 28.9 Å². The maximum Gasteiger partial charge on any atom is 0.143 e. The van der Waals surface area contributed by atoms with Crippen LogP contribution in [-0.4, -0.2) is 21.3 Å². The third-order valence-corrected chi connectivity index (χ3v) is 4.89. The summed E-state index contributed by atoms with van der Waals surface area (Å²) in [6, 6.07) is 12.3. The van der Waals surface area contributed by atoms with Crippen LogP contribution in [0, 0.1) is 13.8 Å². The first kappa shape index (κ1) is 18.8. The average Bonchev–Trinajstić information content (AvgIpc) is 3.08. The number of rotatable bonds is 7. The van der Waals surface area contributed by atoms with E-state index in [4.69, 9.17) is 0 Å². The second-order valence-electron chi connectivity index (χ2n) is 6.91. The highest BCUT2D eigenvalue weighted by Gasteiger charge is 2.13. The predicted octanol–water partition coefficient (Wildman–Crippen LogP) is 5.06. The molecule has 138 valence electrons. The Hall–Kier alpha value is -3.01. The molecule has 0 bridgehead atoms. The van der Waals surface area contributed by atoms with Crippen molar-refractivity contribution < 1.29 is 4.79 Å². The lowest BCUT2D eigenvalue weighted by atomic mass is 9.92. The number of benzene rings is 2. The summed E-state index contributed by atoms with van der Waals surface area (Å²) in [7, 11) is 0. The summed E-state index contributed by atoms with van der Waals surface area (Å²) in [6.45, 7) is 10.5. The van der Waals surface area contributed by atoms with E-state index in [2.05, 4.69) is 49.8 Å². The number of aryl methyl sites for hydroxylation is 2. The summed E-state index contributed by atoms with van der Waals surface area (Å²) in [5.74, 6) is 0. The first-order valence-electron chi connectivity index (χ1n) is 9.28. The summed E-state index contributed by atoms with van der Waals surface area (Å²) in [5.41, 5.74) is 8.43. The predicted molar refractivity (Wildman–Crippen MR) is 110 cm³/mol. The van der Waals surface area contributed by atoms with Crippen LogP contribution in [0.1, 0.15) is 36.5 Å². The Balaban J connectivity index is 1.99. The lowest BCUT2D eigenvalue weighted by Gasteiger charge is -2.15. The Bertz CT molecular complexity index is 1030. The van der Waals surface area contributed by atoms with Gasteiger partial charge in [0.25, 0.3) is 0 Å². The van der Waals surface area contributed by atoms with Gasteiger partial charge >= 0.3 is 0 Å². The molecule has 0 fully saturated rings. The minimum Gasteiger partial charge on any atom is -0.299 e. The minimum absolute atomic E-state index is 0.711. The van der Waals surface area contributed by atoms with E-state index in [0.29, 0.717) is 6.42 Å². The lowest BCUT2D eigenvalue weighted by molar-refractivity contribution is -0.104. The molecular weight excluding hydrogens is 334 g/mol. The van der Waals surface area contributed by atoms with Gasteiger partial charge in [-0.25, -0.2) is 4.68 Å². The number of aromatic nitrogens is 3. The monoisotopic (exact) mass is 359 g/mol. The van der Waals surface area contributed by atoms with Crippen molar-refractivity contribution in [3.8, 4) is 5.69 Å². The van der Waals surface area contributed by atoms with Gasteiger partial charge in [0.2, 0.25) is 0 Å². The van der Waals surface area contributed by atoms with Crippen molar-refractivity contribution in [3.05, 3.63) is 76.9 Å². The van der Waals surface area contributed by atoms with Gasteiger partial charge in [0, 0.05) is 0 Å². The molecule has 0 atom stereocenters. The number of para-hydroxylation sites is 1. The zero-order valence-corrected chi connectivity index (χ0v) is 16.2. The first-order valence-corrected chi connectivity index (χ1v) is 9.28. The Labute approximate surface area is 160 Å². The molecule has 1 aromatic heterocycles. The second-order valence-corrected chi connectivity index (χ2v) is 6.91. The Morgan fingerprint density at radius 2 is 1.96 bits per heavy atom. The largest absolute Gasteiger partial charge is 0.299 e. The van der Waals surface area contributed by atoms with Gasteiger partial charge in [-0.3, -0.25) is 4.79 Å². The fourth-order valence-electron chi connectivity index (χ4n) is 3.38. The molecule has 3 rings (SSSR count). The molecule has 0 amide bonds. The zero-order valence-electron chi connectivity index (χ0n) is 16.2. The van der Waals surface area contributed by atoms with Crippen molar-refractivity contribution in [2.24, 2.45) is 0 Å². The second kappa shape index (κ2) is 8.12. The number of allylic oxidation sites excluding steroid dienone is 3. The number of hydrogen-bond acceptors (Lipinski definition) is 3. The third-order valence-electron chi connectivity index (χ3n) is 4.89. The molecule has 0 saturated carbocycles. The van der Waals surface area contributed by atoms with Crippen LogP contribution in [0.2, 0.25) is 0 Å². The highest BCUT2D eigenvalue weighted by Crippen LogP contribution is 2.26. The van der Waals surface area contributed by atoms with Crippen LogP contribution in [0.3, 0.4) is 0 Å². The van der Waals surface area contributed by atoms with Gasteiger partial charge < -0.3 is 0 Å². The minimum atomic E-state index is 0.711. The fourth-order valence-corrected chi connectivity index (χ4v) is 3.38. The summed E-state index contributed by atoms with van der Waals surface area (Å²) >= 11 is 0. The maximum absolute atomic E-state index is 11.1. The average molecular weight is 359 g/mol. The quantitative estimate of drug-likeness (QED) is 0.336. The number of carbonyl (C=O) groups excluding carboxylic acids is 1. The van der Waals surface area contributed by atoms with Gasteiger partial charge in [0.05, 0.1) is 11.2 Å². The van der Waals surface area contributed by atoms with Crippen molar-refractivity contribution in [2.75, 3.05) is 0 Å². The van der Waals surface area contributed by atoms with Crippen LogP contribution in [0.25, 0.3) is 16.7 Å². The number of aldehydes is 1. The summed E-state index contributed by atoms with van der Waals surface area (Å²) < 4.78 is 1.89. The molecule has 0 aliphatic rings. The molecule has 0 unspecified atom stereocenters. The van der Waals surface area contributed by atoms with Gasteiger partial charge in [-0.15, -0.1) is 5.10 Å². The zero-order chi connectivity index (χ0) is 19.4. The number of hydrogen-bond donors (Lipinski definition) is 0. The number of carbonyl (C=O) groups is 1. The van der Waals surface area contributed by atoms with E-state index >= 15 is 0 Å². The van der Waals surface area contributed by atoms with Crippen molar-refractivity contribution >= 4 is 17.3 Å². The van der Waals surface area contributed by atoms with E-state index < -0.39 is 0 Å². The van der Waals surface area contributed by atoms with Crippen LogP contribution in [0.5, 0.6) is 0 Å². The summed E-state index contributed by atoms with van der Waals surface area (Å²) in [6.07, 6.45) is 5.13. The van der Waals surface area contributed by atoms with Gasteiger partial charge in [-0.2, -0.15) is 0 Å². The van der Waals surface area contributed by atoms with Gasteiger partial charge in [0.1, 0.15) is 11.8 Å². The molecule has 0 saturated heterocycles. The number of fused-ring (bicyclic) bond motifs is 1. The molecule has 4 heteroatoms. The first-order chi connectivity index (χ1) is 13.0. The summed E-state index contributed by atoms with van der Waals surface area (Å²) in [5, 5.41) is 8.59.